The molecule has 1 aliphatic heterocycles. The highest BCUT2D eigenvalue weighted by Gasteiger charge is 2.22. The van der Waals surface area contributed by atoms with E-state index in [1.54, 1.807) is 35.2 Å². The third-order valence-electron chi connectivity index (χ3n) is 3.89. The standard InChI is InChI=1S/C18H18N2O3/c1-12-7-8-15(16(21)10-12)19-18(23)13-4-2-5-14(11-13)20-9-3-6-17(20)22/h2,4-5,7-8,10-11,21H,3,6,9H2,1H3,(H,19,23). The van der Waals surface area contributed by atoms with Crippen LogP contribution in [0, 0.1) is 6.92 Å². The molecule has 0 aromatic heterocycles. The van der Waals surface area contributed by atoms with Crippen molar-refractivity contribution in [2.45, 2.75) is 19.8 Å². The van der Waals surface area contributed by atoms with E-state index in [1.165, 1.54) is 0 Å². The second kappa shape index (κ2) is 6.12. The van der Waals surface area contributed by atoms with Crippen LogP contribution in [0.2, 0.25) is 0 Å². The third kappa shape index (κ3) is 3.18. The van der Waals surface area contributed by atoms with Gasteiger partial charge in [-0.05, 0) is 49.2 Å². The SMILES string of the molecule is Cc1ccc(NC(=O)c2cccc(N3CCCC3=O)c2)c(O)c1. The molecule has 1 fully saturated rings. The first-order valence-electron chi connectivity index (χ1n) is 7.56. The predicted molar refractivity (Wildman–Crippen MR) is 88.8 cm³/mol. The summed E-state index contributed by atoms with van der Waals surface area (Å²) in [7, 11) is 0. The van der Waals surface area contributed by atoms with Gasteiger partial charge in [0.1, 0.15) is 5.75 Å². The van der Waals surface area contributed by atoms with Crippen LogP contribution < -0.4 is 10.2 Å². The minimum Gasteiger partial charge on any atom is -0.506 e. The Morgan fingerprint density at radius 2 is 2.04 bits per heavy atom. The fourth-order valence-electron chi connectivity index (χ4n) is 2.68. The molecule has 2 amide bonds. The molecule has 1 saturated heterocycles. The fourth-order valence-corrected chi connectivity index (χ4v) is 2.68. The zero-order chi connectivity index (χ0) is 16.4. The maximum Gasteiger partial charge on any atom is 0.255 e. The second-order valence-corrected chi connectivity index (χ2v) is 5.67. The first kappa shape index (κ1) is 15.1. The molecule has 0 aliphatic carbocycles. The molecular weight excluding hydrogens is 292 g/mol. The molecule has 1 aliphatic rings. The van der Waals surface area contributed by atoms with Crippen molar-refractivity contribution >= 4 is 23.2 Å². The highest BCUT2D eigenvalue weighted by molar-refractivity contribution is 6.06. The Bertz CT molecular complexity index is 771. The number of amides is 2. The molecular formula is C18H18N2O3. The number of rotatable bonds is 3. The number of nitrogens with zero attached hydrogens (tertiary/aromatic N) is 1. The summed E-state index contributed by atoms with van der Waals surface area (Å²) in [6, 6.07) is 12.0. The highest BCUT2D eigenvalue weighted by atomic mass is 16.3. The average molecular weight is 310 g/mol. The molecule has 0 radical (unpaired) electrons. The smallest absolute Gasteiger partial charge is 0.255 e. The normalized spacial score (nSPS) is 14.1. The van der Waals surface area contributed by atoms with Crippen LogP contribution in [0.1, 0.15) is 28.8 Å². The Morgan fingerprint density at radius 1 is 1.22 bits per heavy atom. The molecule has 3 rings (SSSR count). The van der Waals surface area contributed by atoms with E-state index in [9.17, 15) is 14.7 Å². The number of phenols is 1. The zero-order valence-corrected chi connectivity index (χ0v) is 12.9. The van der Waals surface area contributed by atoms with Gasteiger partial charge in [-0.3, -0.25) is 9.59 Å². The van der Waals surface area contributed by atoms with Crippen LogP contribution in [0.25, 0.3) is 0 Å². The van der Waals surface area contributed by atoms with Gasteiger partial charge in [0, 0.05) is 24.2 Å². The van der Waals surface area contributed by atoms with Crippen LogP contribution in [-0.4, -0.2) is 23.5 Å². The molecule has 2 aromatic carbocycles. The highest BCUT2D eigenvalue weighted by Crippen LogP contribution is 2.26. The number of carbonyl (C=O) groups is 2. The number of anilines is 2. The van der Waals surface area contributed by atoms with Crippen molar-refractivity contribution in [3.8, 4) is 5.75 Å². The molecule has 0 spiro atoms. The molecule has 0 bridgehead atoms. The van der Waals surface area contributed by atoms with Crippen LogP contribution in [-0.2, 0) is 4.79 Å². The largest absolute Gasteiger partial charge is 0.506 e. The summed E-state index contributed by atoms with van der Waals surface area (Å²) in [6.07, 6.45) is 1.39. The lowest BCUT2D eigenvalue weighted by Gasteiger charge is -2.16. The molecule has 23 heavy (non-hydrogen) atoms. The number of nitrogens with one attached hydrogen (secondary N) is 1. The Kier molecular flexibility index (Phi) is 4.02. The molecule has 0 saturated carbocycles. The van der Waals surface area contributed by atoms with Gasteiger partial charge in [-0.2, -0.15) is 0 Å². The minimum absolute atomic E-state index is 0.0317. The Balaban J connectivity index is 1.81. The topological polar surface area (TPSA) is 69.6 Å². The Labute approximate surface area is 134 Å². The lowest BCUT2D eigenvalue weighted by atomic mass is 10.1. The minimum atomic E-state index is -0.322. The van der Waals surface area contributed by atoms with Crippen LogP contribution in [0.3, 0.4) is 0 Å². The van der Waals surface area contributed by atoms with Gasteiger partial charge in [0.25, 0.3) is 5.91 Å². The number of carbonyl (C=O) groups excluding carboxylic acids is 2. The number of benzene rings is 2. The maximum absolute atomic E-state index is 12.4. The zero-order valence-electron chi connectivity index (χ0n) is 12.9. The van der Waals surface area contributed by atoms with E-state index in [0.29, 0.717) is 24.2 Å². The monoisotopic (exact) mass is 310 g/mol. The molecule has 5 heteroatoms. The summed E-state index contributed by atoms with van der Waals surface area (Å²) in [5.41, 5.74) is 2.45. The van der Waals surface area contributed by atoms with Crippen molar-refractivity contribution in [2.24, 2.45) is 0 Å². The molecule has 5 nitrogen and oxygen atoms in total. The molecule has 118 valence electrons. The number of phenolic OH excluding ortho intramolecular Hbond substituents is 1. The van der Waals surface area contributed by atoms with Gasteiger partial charge in [0.15, 0.2) is 0 Å². The summed E-state index contributed by atoms with van der Waals surface area (Å²) >= 11 is 0. The van der Waals surface area contributed by atoms with Crippen LogP contribution in [0.15, 0.2) is 42.5 Å². The van der Waals surface area contributed by atoms with E-state index in [4.69, 9.17) is 0 Å². The summed E-state index contributed by atoms with van der Waals surface area (Å²) in [5, 5.41) is 12.6. The first-order valence-corrected chi connectivity index (χ1v) is 7.56. The van der Waals surface area contributed by atoms with E-state index < -0.39 is 0 Å². The van der Waals surface area contributed by atoms with Gasteiger partial charge in [-0.1, -0.05) is 12.1 Å². The van der Waals surface area contributed by atoms with Gasteiger partial charge in [0.05, 0.1) is 5.69 Å². The van der Waals surface area contributed by atoms with Crippen LogP contribution in [0.5, 0.6) is 5.75 Å². The quantitative estimate of drug-likeness (QED) is 0.856. The summed E-state index contributed by atoms with van der Waals surface area (Å²) in [4.78, 5) is 25.9. The number of hydrogen-bond donors (Lipinski definition) is 2. The van der Waals surface area contributed by atoms with Crippen molar-refractivity contribution in [1.82, 2.24) is 0 Å². The van der Waals surface area contributed by atoms with Gasteiger partial charge in [-0.15, -0.1) is 0 Å². The van der Waals surface area contributed by atoms with Crippen molar-refractivity contribution in [1.29, 1.82) is 0 Å². The van der Waals surface area contributed by atoms with E-state index in [1.807, 2.05) is 19.1 Å². The van der Waals surface area contributed by atoms with E-state index >= 15 is 0 Å². The summed E-state index contributed by atoms with van der Waals surface area (Å²) < 4.78 is 0. The van der Waals surface area contributed by atoms with Crippen molar-refractivity contribution < 1.29 is 14.7 Å². The number of hydrogen-bond acceptors (Lipinski definition) is 3. The van der Waals surface area contributed by atoms with Gasteiger partial charge in [0.2, 0.25) is 5.91 Å². The Hall–Kier alpha value is -2.82. The average Bonchev–Trinajstić information content (AvgIpc) is 2.96. The van der Waals surface area contributed by atoms with Crippen LogP contribution in [0.4, 0.5) is 11.4 Å². The third-order valence-corrected chi connectivity index (χ3v) is 3.89. The fraction of sp³-hybridized carbons (Fsp3) is 0.222. The number of aromatic hydroxyl groups is 1. The maximum atomic E-state index is 12.4. The predicted octanol–water partition coefficient (Wildman–Crippen LogP) is 3.08. The summed E-state index contributed by atoms with van der Waals surface area (Å²) in [5.74, 6) is -0.208. The first-order chi connectivity index (χ1) is 11.0. The summed E-state index contributed by atoms with van der Waals surface area (Å²) in [6.45, 7) is 2.55. The molecule has 2 N–H and O–H groups in total. The van der Waals surface area contributed by atoms with E-state index in [-0.39, 0.29) is 17.6 Å². The molecule has 0 unspecified atom stereocenters. The van der Waals surface area contributed by atoms with Crippen molar-refractivity contribution in [2.75, 3.05) is 16.8 Å². The van der Waals surface area contributed by atoms with E-state index in [2.05, 4.69) is 5.32 Å². The van der Waals surface area contributed by atoms with Gasteiger partial charge >= 0.3 is 0 Å². The van der Waals surface area contributed by atoms with E-state index in [0.717, 1.165) is 17.7 Å². The van der Waals surface area contributed by atoms with Gasteiger partial charge in [-0.25, -0.2) is 0 Å². The Morgan fingerprint density at radius 3 is 2.74 bits per heavy atom. The molecule has 2 aromatic rings. The second-order valence-electron chi connectivity index (χ2n) is 5.67. The molecule has 0 atom stereocenters. The van der Waals surface area contributed by atoms with Gasteiger partial charge < -0.3 is 15.3 Å². The molecule has 1 heterocycles. The van der Waals surface area contributed by atoms with Crippen molar-refractivity contribution in [3.05, 3.63) is 53.6 Å². The lowest BCUT2D eigenvalue weighted by Crippen LogP contribution is -2.24. The number of aryl methyl sites for hydroxylation is 1. The van der Waals surface area contributed by atoms with Crippen molar-refractivity contribution in [3.63, 3.8) is 0 Å². The van der Waals surface area contributed by atoms with Crippen LogP contribution >= 0.6 is 0 Å². The lowest BCUT2D eigenvalue weighted by molar-refractivity contribution is -0.117.